The summed E-state index contributed by atoms with van der Waals surface area (Å²) < 4.78 is 41.8. The van der Waals surface area contributed by atoms with E-state index in [-0.39, 0.29) is 17.6 Å². The highest BCUT2D eigenvalue weighted by atomic mass is 127. The minimum Gasteiger partial charge on any atom is -0.331 e. The number of aromatic amines is 1. The molecule has 2 nitrogen and oxygen atoms in total. The molecule has 0 saturated heterocycles. The molecule has 1 fully saturated rings. The van der Waals surface area contributed by atoms with E-state index in [1.54, 1.807) is 18.2 Å². The summed E-state index contributed by atoms with van der Waals surface area (Å²) in [7, 11) is 0. The molecule has 1 saturated carbocycles. The Labute approximate surface area is 119 Å². The Morgan fingerprint density at radius 2 is 2.00 bits per heavy atom. The number of H-pyrrole nitrogens is 1. The SMILES string of the molecule is FC(F)(F)C1(n2c(=S)[nH]c3cc(I)ccc32)CC1. The minimum atomic E-state index is -4.26. The van der Waals surface area contributed by atoms with Crippen LogP contribution < -0.4 is 0 Å². The van der Waals surface area contributed by atoms with Gasteiger partial charge in [-0.2, -0.15) is 13.2 Å². The van der Waals surface area contributed by atoms with Gasteiger partial charge < -0.3 is 9.55 Å². The number of rotatable bonds is 1. The summed E-state index contributed by atoms with van der Waals surface area (Å²) >= 11 is 7.17. The van der Waals surface area contributed by atoms with Crippen molar-refractivity contribution in [1.82, 2.24) is 9.55 Å². The van der Waals surface area contributed by atoms with E-state index in [2.05, 4.69) is 27.6 Å². The number of aromatic nitrogens is 2. The fourth-order valence-corrected chi connectivity index (χ4v) is 3.14. The number of benzene rings is 1. The molecule has 0 aliphatic heterocycles. The van der Waals surface area contributed by atoms with Crippen molar-refractivity contribution in [2.75, 3.05) is 0 Å². The van der Waals surface area contributed by atoms with Gasteiger partial charge in [-0.25, -0.2) is 0 Å². The van der Waals surface area contributed by atoms with Crippen LogP contribution in [0.4, 0.5) is 13.2 Å². The lowest BCUT2D eigenvalue weighted by Gasteiger charge is -2.21. The summed E-state index contributed by atoms with van der Waals surface area (Å²) in [6, 6.07) is 5.28. The van der Waals surface area contributed by atoms with Crippen LogP contribution in [-0.2, 0) is 5.54 Å². The van der Waals surface area contributed by atoms with E-state index < -0.39 is 11.7 Å². The van der Waals surface area contributed by atoms with Crippen molar-refractivity contribution in [3.8, 4) is 0 Å². The van der Waals surface area contributed by atoms with Crippen LogP contribution in [0.25, 0.3) is 11.0 Å². The minimum absolute atomic E-state index is 0.101. The molecule has 0 atom stereocenters. The molecule has 1 aromatic heterocycles. The lowest BCUT2D eigenvalue weighted by Crippen LogP contribution is -2.34. The van der Waals surface area contributed by atoms with Gasteiger partial charge in [0.2, 0.25) is 0 Å². The maximum absolute atomic E-state index is 13.2. The molecule has 96 valence electrons. The molecule has 1 aliphatic carbocycles. The molecule has 1 heterocycles. The van der Waals surface area contributed by atoms with Gasteiger partial charge in [-0.3, -0.25) is 0 Å². The zero-order valence-corrected chi connectivity index (χ0v) is 12.0. The van der Waals surface area contributed by atoms with Crippen molar-refractivity contribution >= 4 is 45.8 Å². The third-order valence-corrected chi connectivity index (χ3v) is 4.28. The Balaban J connectivity index is 2.31. The first-order chi connectivity index (χ1) is 8.35. The Hall–Kier alpha value is -0.570. The van der Waals surface area contributed by atoms with Crippen molar-refractivity contribution in [1.29, 1.82) is 0 Å². The van der Waals surface area contributed by atoms with Gasteiger partial charge in [0.15, 0.2) is 4.77 Å². The molecule has 0 unspecified atom stereocenters. The van der Waals surface area contributed by atoms with E-state index in [0.29, 0.717) is 11.0 Å². The molecule has 0 bridgehead atoms. The Bertz CT molecular complexity index is 682. The summed E-state index contributed by atoms with van der Waals surface area (Å²) in [5.41, 5.74) is -0.618. The molecule has 7 heteroatoms. The van der Waals surface area contributed by atoms with E-state index in [4.69, 9.17) is 12.2 Å². The van der Waals surface area contributed by atoms with Crippen LogP contribution in [0, 0.1) is 8.34 Å². The lowest BCUT2D eigenvalue weighted by atomic mass is 10.2. The number of hydrogen-bond acceptors (Lipinski definition) is 1. The van der Waals surface area contributed by atoms with Gasteiger partial charge in [-0.1, -0.05) is 0 Å². The van der Waals surface area contributed by atoms with Crippen LogP contribution in [0.1, 0.15) is 12.8 Å². The van der Waals surface area contributed by atoms with Crippen molar-refractivity contribution in [2.45, 2.75) is 24.6 Å². The average molecular weight is 384 g/mol. The predicted octanol–water partition coefficient (Wildman–Crippen LogP) is 4.35. The molecule has 0 radical (unpaired) electrons. The first-order valence-electron chi connectivity index (χ1n) is 5.33. The maximum atomic E-state index is 13.2. The second kappa shape index (κ2) is 3.72. The second-order valence-electron chi connectivity index (χ2n) is 4.46. The summed E-state index contributed by atoms with van der Waals surface area (Å²) in [6.07, 6.45) is -4.06. The maximum Gasteiger partial charge on any atom is 0.412 e. The molecular weight excluding hydrogens is 376 g/mol. The molecule has 3 rings (SSSR count). The highest BCUT2D eigenvalue weighted by Crippen LogP contribution is 2.56. The van der Waals surface area contributed by atoms with E-state index >= 15 is 0 Å². The quantitative estimate of drug-likeness (QED) is 0.573. The molecule has 0 amide bonds. The fourth-order valence-electron chi connectivity index (χ4n) is 2.26. The van der Waals surface area contributed by atoms with Crippen molar-refractivity contribution < 1.29 is 13.2 Å². The zero-order chi connectivity index (χ0) is 13.1. The fraction of sp³-hybridized carbons (Fsp3) is 0.364. The first-order valence-corrected chi connectivity index (χ1v) is 6.81. The number of halogens is 4. The monoisotopic (exact) mass is 384 g/mol. The number of nitrogens with one attached hydrogen (secondary N) is 1. The molecule has 0 spiro atoms. The predicted molar refractivity (Wildman–Crippen MR) is 73.1 cm³/mol. The van der Waals surface area contributed by atoms with Crippen LogP contribution in [-0.4, -0.2) is 15.7 Å². The van der Waals surface area contributed by atoms with Gasteiger partial charge in [0.05, 0.1) is 11.0 Å². The molecule has 1 N–H and O–H groups in total. The molecule has 1 aromatic carbocycles. The van der Waals surface area contributed by atoms with E-state index in [1.807, 2.05) is 0 Å². The van der Waals surface area contributed by atoms with E-state index in [1.165, 1.54) is 4.57 Å². The van der Waals surface area contributed by atoms with Crippen LogP contribution in [0.3, 0.4) is 0 Å². The lowest BCUT2D eigenvalue weighted by molar-refractivity contribution is -0.179. The normalized spacial score (nSPS) is 18.2. The number of alkyl halides is 3. The summed E-state index contributed by atoms with van der Waals surface area (Å²) in [6.45, 7) is 0. The molecule has 2 aromatic rings. The Morgan fingerprint density at radius 3 is 2.56 bits per heavy atom. The topological polar surface area (TPSA) is 20.7 Å². The number of imidazole rings is 1. The highest BCUT2D eigenvalue weighted by Gasteiger charge is 2.65. The van der Waals surface area contributed by atoms with Gasteiger partial charge >= 0.3 is 6.18 Å². The smallest absolute Gasteiger partial charge is 0.331 e. The van der Waals surface area contributed by atoms with E-state index in [9.17, 15) is 13.2 Å². The zero-order valence-electron chi connectivity index (χ0n) is 9.01. The van der Waals surface area contributed by atoms with Gasteiger partial charge in [0.25, 0.3) is 0 Å². The van der Waals surface area contributed by atoms with Crippen molar-refractivity contribution in [3.05, 3.63) is 26.5 Å². The highest BCUT2D eigenvalue weighted by molar-refractivity contribution is 14.1. The van der Waals surface area contributed by atoms with Crippen LogP contribution in [0.5, 0.6) is 0 Å². The van der Waals surface area contributed by atoms with Crippen molar-refractivity contribution in [3.63, 3.8) is 0 Å². The Kier molecular flexibility index (Phi) is 2.58. The molecule has 1 aliphatic rings. The van der Waals surface area contributed by atoms with Crippen LogP contribution in [0.15, 0.2) is 18.2 Å². The largest absolute Gasteiger partial charge is 0.412 e. The molecule has 18 heavy (non-hydrogen) atoms. The van der Waals surface area contributed by atoms with Gasteiger partial charge in [-0.15, -0.1) is 0 Å². The van der Waals surface area contributed by atoms with Crippen molar-refractivity contribution in [2.24, 2.45) is 0 Å². The van der Waals surface area contributed by atoms with Crippen LogP contribution in [0.2, 0.25) is 0 Å². The third kappa shape index (κ3) is 1.63. The molecular formula is C11H8F3IN2S. The van der Waals surface area contributed by atoms with Gasteiger partial charge in [-0.05, 0) is 65.8 Å². The van der Waals surface area contributed by atoms with Gasteiger partial charge in [0.1, 0.15) is 5.54 Å². The third-order valence-electron chi connectivity index (χ3n) is 3.32. The second-order valence-corrected chi connectivity index (χ2v) is 6.09. The first kappa shape index (κ1) is 12.5. The Morgan fingerprint density at radius 1 is 1.33 bits per heavy atom. The standard InChI is InChI=1S/C11H8F3IN2S/c12-11(13,14)10(3-4-10)17-8-2-1-6(15)5-7(8)16-9(17)18/h1-2,5H,3-4H2,(H,16,18). The van der Waals surface area contributed by atoms with Crippen LogP contribution >= 0.6 is 34.8 Å². The summed E-state index contributed by atoms with van der Waals surface area (Å²) in [5.74, 6) is 0. The number of fused-ring (bicyclic) bond motifs is 1. The average Bonchev–Trinajstić information content (AvgIpc) is 2.97. The van der Waals surface area contributed by atoms with Gasteiger partial charge in [0, 0.05) is 3.57 Å². The summed E-state index contributed by atoms with van der Waals surface area (Å²) in [4.78, 5) is 2.86. The number of nitrogens with zero attached hydrogens (tertiary/aromatic N) is 1. The van der Waals surface area contributed by atoms with E-state index in [0.717, 1.165) is 3.57 Å². The summed E-state index contributed by atoms with van der Waals surface area (Å²) in [5, 5.41) is 0. The number of hydrogen-bond donors (Lipinski definition) is 1.